The first kappa shape index (κ1) is 63.0. The molecule has 0 radical (unpaired) electrons. The topological polar surface area (TPSA) is 428 Å². The maximum atomic E-state index is 12.6. The zero-order chi connectivity index (χ0) is 58.3. The van der Waals surface area contributed by atoms with Crippen molar-refractivity contribution in [3.05, 3.63) is 103 Å². The number of sulfonamides is 1. The lowest BCUT2D eigenvalue weighted by Gasteiger charge is -2.22. The molecule has 6 aromatic carbocycles. The van der Waals surface area contributed by atoms with Gasteiger partial charge in [-0.1, -0.05) is 27.8 Å². The minimum atomic E-state index is -5.12. The van der Waals surface area contributed by atoms with E-state index in [-0.39, 0.29) is 56.5 Å². The fourth-order valence-electron chi connectivity index (χ4n) is 6.84. The number of rotatable bonds is 24. The Morgan fingerprint density at radius 1 is 0.722 bits per heavy atom. The van der Waals surface area contributed by atoms with E-state index in [1.165, 1.54) is 6.92 Å². The molecule has 0 saturated heterocycles. The first-order valence-corrected chi connectivity index (χ1v) is 29.5. The lowest BCUT2D eigenvalue weighted by Crippen LogP contribution is -2.21. The molecule has 0 fully saturated rings. The first-order chi connectivity index (χ1) is 37.3. The summed E-state index contributed by atoms with van der Waals surface area (Å²) >= 11 is 0.366. The number of nitrogens with two attached hydrogens (primary N) is 1. The summed E-state index contributed by atoms with van der Waals surface area (Å²) in [7, 11) is -16.9. The molecule has 6 aromatic rings. The maximum absolute atomic E-state index is 12.6. The number of nitrogens with zero attached hydrogens (tertiary/aromatic N) is 7. The summed E-state index contributed by atoms with van der Waals surface area (Å²) in [6.07, 6.45) is 0. The van der Waals surface area contributed by atoms with E-state index in [9.17, 15) is 52.7 Å². The second kappa shape index (κ2) is 27.9. The number of hydrogen-bond acceptors (Lipinski definition) is 27. The van der Waals surface area contributed by atoms with E-state index in [0.717, 1.165) is 55.7 Å². The molecule has 0 aliphatic carbocycles. The van der Waals surface area contributed by atoms with Gasteiger partial charge < -0.3 is 21.1 Å². The smallest absolute Gasteiger partial charge is 0.296 e. The van der Waals surface area contributed by atoms with E-state index in [1.807, 2.05) is 25.1 Å². The van der Waals surface area contributed by atoms with Crippen LogP contribution in [-0.4, -0.2) is 96.8 Å². The predicted molar refractivity (Wildman–Crippen MR) is 289 cm³/mol. The molecule has 424 valence electrons. The van der Waals surface area contributed by atoms with E-state index >= 15 is 0 Å². The summed E-state index contributed by atoms with van der Waals surface area (Å²) in [5.41, 5.74) is 8.15. The molecule has 0 atom stereocenters. The zero-order valence-corrected chi connectivity index (χ0v) is 46.6. The van der Waals surface area contributed by atoms with Gasteiger partial charge in [0.1, 0.15) is 32.5 Å². The van der Waals surface area contributed by atoms with Gasteiger partial charge in [0.15, 0.2) is 27.9 Å². The van der Waals surface area contributed by atoms with Crippen molar-refractivity contribution in [3.8, 4) is 5.75 Å². The van der Waals surface area contributed by atoms with Crippen molar-refractivity contribution >= 4 is 132 Å². The standard InChI is InChI=1S/C25H29N5O3S.C19H19N5O16S5/c1-5-30(6-2)22-13-16-24(25(17-22)26-19(4)31)28-27-20-9-11-21(12-10-20)29-34(32,33)23-14-7-18(3)8-15-23;1-21-24-18-15(45(33,34)35)7-10-13(41-39-37-26)8-12(17(20)16(10)19(18)25)23-22-11-3-2-9(6-14(11)44(30,31)32)43(28,29)5-4-36-42-40-38-27/h7-17,29H,5-6H2,1-4H3,(H,26,31);2-3,6-8,25-27H,4-5,20H2,1H3,(H,30,31,32)(H,33,34,35). The molecule has 0 spiro atoms. The number of nitrogen functional groups attached to an aromatic ring is 1. The molecule has 0 aromatic heterocycles. The van der Waals surface area contributed by atoms with Gasteiger partial charge in [-0.2, -0.15) is 32.2 Å². The van der Waals surface area contributed by atoms with Gasteiger partial charge in [-0.05, 0) is 106 Å². The molecule has 35 heteroatoms. The van der Waals surface area contributed by atoms with Gasteiger partial charge >= 0.3 is 0 Å². The van der Waals surface area contributed by atoms with Crippen LogP contribution in [-0.2, 0) is 67.8 Å². The number of carbonyl (C=O) groups excluding carboxylic acids is 1. The van der Waals surface area contributed by atoms with Crippen LogP contribution >= 0.6 is 24.4 Å². The number of azo groups is 3. The van der Waals surface area contributed by atoms with Crippen LogP contribution in [0.5, 0.6) is 5.75 Å². The third-order valence-corrected chi connectivity index (χ3v) is 16.3. The van der Waals surface area contributed by atoms with Gasteiger partial charge in [0, 0.05) is 48.7 Å². The summed E-state index contributed by atoms with van der Waals surface area (Å²) in [5.74, 6) is -1.80. The quantitative estimate of drug-likeness (QED) is 0.00531. The van der Waals surface area contributed by atoms with Crippen molar-refractivity contribution in [2.75, 3.05) is 53.2 Å². The highest BCUT2D eigenvalue weighted by atomic mass is 32.2. The average molecular weight is 1210 g/mol. The van der Waals surface area contributed by atoms with Gasteiger partial charge in [0.25, 0.3) is 30.3 Å². The fraction of sp³-hybridized carbons (Fsp3) is 0.205. The van der Waals surface area contributed by atoms with Crippen LogP contribution in [0.1, 0.15) is 26.3 Å². The Balaban J connectivity index is 0.000000302. The second-order valence-electron chi connectivity index (χ2n) is 15.7. The molecule has 29 nitrogen and oxygen atoms in total. The van der Waals surface area contributed by atoms with E-state index in [4.69, 9.17) is 16.2 Å². The SMILES string of the molecule is CCN(CC)c1ccc(N=Nc2ccc(NS(=O)(=O)c3ccc(C)cc3)cc2)c(NC(C)=O)c1.CN=Nc1c(S(=O)(=O)O)cc2c(SOOO)cc(N=Nc3ccc(S(=O)(=O)CCOSOOO)cc3S(=O)(=O)O)c(N)c2c1O. The molecule has 1 amide bonds. The Morgan fingerprint density at radius 2 is 1.33 bits per heavy atom. The summed E-state index contributed by atoms with van der Waals surface area (Å²) in [6, 6.07) is 23.2. The van der Waals surface area contributed by atoms with Crippen molar-refractivity contribution in [1.82, 2.24) is 0 Å². The van der Waals surface area contributed by atoms with Crippen molar-refractivity contribution < 1.29 is 86.1 Å². The minimum absolute atomic E-state index is 0.114. The molecule has 6 rings (SSSR count). The highest BCUT2D eigenvalue weighted by molar-refractivity contribution is 7.95. The normalized spacial score (nSPS) is 12.3. The average Bonchev–Trinajstić information content (AvgIpc) is 3.57. The number of hydrogen-bond donors (Lipinski definition) is 8. The van der Waals surface area contributed by atoms with Crippen molar-refractivity contribution in [3.63, 3.8) is 0 Å². The van der Waals surface area contributed by atoms with Crippen LogP contribution in [0, 0.1) is 6.92 Å². The van der Waals surface area contributed by atoms with Gasteiger partial charge in [-0.3, -0.25) is 22.8 Å². The molecule has 9 N–H and O–H groups in total. The molecule has 0 aliphatic rings. The lowest BCUT2D eigenvalue weighted by atomic mass is 10.0. The number of phenols is 1. The number of carbonyl (C=O) groups is 1. The number of aromatic hydroxyl groups is 1. The van der Waals surface area contributed by atoms with Crippen LogP contribution in [0.15, 0.2) is 152 Å². The van der Waals surface area contributed by atoms with Crippen LogP contribution in [0.3, 0.4) is 0 Å². The van der Waals surface area contributed by atoms with Crippen LogP contribution in [0.4, 0.5) is 51.2 Å². The number of amides is 1. The van der Waals surface area contributed by atoms with E-state index in [2.05, 4.69) is 82.4 Å². The molecule has 0 unspecified atom stereocenters. The van der Waals surface area contributed by atoms with Gasteiger partial charge in [-0.15, -0.1) is 24.0 Å². The second-order valence-corrected chi connectivity index (χ2v) is 23.5. The molecular weight excluding hydrogens is 1160 g/mol. The zero-order valence-electron chi connectivity index (χ0n) is 41.7. The summed E-state index contributed by atoms with van der Waals surface area (Å²) in [6.45, 7) is 8.68. The Morgan fingerprint density at radius 3 is 1.92 bits per heavy atom. The fourth-order valence-corrected chi connectivity index (χ4v) is 11.2. The lowest BCUT2D eigenvalue weighted by molar-refractivity contribution is -0.434. The third-order valence-electron chi connectivity index (χ3n) is 10.5. The first-order valence-electron chi connectivity index (χ1n) is 22.1. The van der Waals surface area contributed by atoms with Crippen molar-refractivity contribution in [2.24, 2.45) is 30.7 Å². The number of aryl methyl sites for hydroxylation is 1. The summed E-state index contributed by atoms with van der Waals surface area (Å²) in [5, 5.41) is 59.7. The van der Waals surface area contributed by atoms with Crippen LogP contribution in [0.25, 0.3) is 10.8 Å². The van der Waals surface area contributed by atoms with Crippen LogP contribution in [0.2, 0.25) is 0 Å². The van der Waals surface area contributed by atoms with E-state index < -0.39 is 90.0 Å². The third kappa shape index (κ3) is 17.1. The molecule has 79 heavy (non-hydrogen) atoms. The molecule has 0 heterocycles. The molecule has 0 saturated carbocycles. The largest absolute Gasteiger partial charge is 0.505 e. The Kier molecular flexibility index (Phi) is 22.2. The van der Waals surface area contributed by atoms with Crippen molar-refractivity contribution in [2.45, 2.75) is 52.2 Å². The summed E-state index contributed by atoms with van der Waals surface area (Å²) < 4.78 is 134. The van der Waals surface area contributed by atoms with Gasteiger partial charge in [0.05, 0.1) is 56.6 Å². The monoisotopic (exact) mass is 1210 g/mol. The Hall–Kier alpha value is -6.81. The highest BCUT2D eigenvalue weighted by Crippen LogP contribution is 2.49. The Labute approximate surface area is 460 Å². The number of anilines is 4. The molecule has 0 aliphatic heterocycles. The maximum Gasteiger partial charge on any atom is 0.296 e. The number of phenolic OH excluding ortho intramolecular Hbond substituents is 1. The Bertz CT molecular complexity index is 3720. The van der Waals surface area contributed by atoms with Crippen molar-refractivity contribution in [1.29, 1.82) is 0 Å². The van der Waals surface area contributed by atoms with Gasteiger partial charge in [0.2, 0.25) is 5.91 Å². The van der Waals surface area contributed by atoms with Crippen LogP contribution < -0.4 is 20.7 Å². The number of fused-ring (bicyclic) bond motifs is 1. The number of sulfone groups is 1. The minimum Gasteiger partial charge on any atom is -0.505 e. The molecule has 0 bridgehead atoms. The highest BCUT2D eigenvalue weighted by Gasteiger charge is 2.27. The number of benzene rings is 6. The predicted octanol–water partition coefficient (Wildman–Crippen LogP) is 9.97. The summed E-state index contributed by atoms with van der Waals surface area (Å²) in [4.78, 5) is 11.4. The van der Waals surface area contributed by atoms with E-state index in [0.29, 0.717) is 28.8 Å². The van der Waals surface area contributed by atoms with Gasteiger partial charge in [-0.25, -0.2) is 27.4 Å². The number of nitrogens with one attached hydrogen (secondary N) is 2. The van der Waals surface area contributed by atoms with E-state index in [1.54, 1.807) is 48.5 Å². The molecular formula is C44H48N10O19S6.